The van der Waals surface area contributed by atoms with E-state index in [2.05, 4.69) is 29.7 Å². The van der Waals surface area contributed by atoms with Crippen LogP contribution in [0.5, 0.6) is 0 Å². The number of halogens is 1. The van der Waals surface area contributed by atoms with Crippen molar-refractivity contribution in [3.8, 4) is 11.3 Å². The summed E-state index contributed by atoms with van der Waals surface area (Å²) in [6.07, 6.45) is 2.69. The molecule has 2 aromatic carbocycles. The Balaban J connectivity index is 1.46. The van der Waals surface area contributed by atoms with Gasteiger partial charge in [0.05, 0.1) is 22.6 Å². The summed E-state index contributed by atoms with van der Waals surface area (Å²) in [6, 6.07) is 16.7. The molecule has 1 aliphatic rings. The standard InChI is InChI=1S/C24H21ClN2O4S/c1-3-14-4-7-16(8-5-14)26-24-27-22(28)21(32-24)13-17-9-11-20(31-17)15-6-10-18(19(25)12-15)23(29)30-2/h4-13,24,26H,3H2,1-2H3,(H,27,28)/b21-13-/t24-/m1/s1. The van der Waals surface area contributed by atoms with Gasteiger partial charge >= 0.3 is 5.97 Å². The van der Waals surface area contributed by atoms with Gasteiger partial charge in [-0.3, -0.25) is 4.79 Å². The minimum Gasteiger partial charge on any atom is -0.465 e. The molecule has 3 aromatic rings. The van der Waals surface area contributed by atoms with E-state index in [9.17, 15) is 9.59 Å². The van der Waals surface area contributed by atoms with Gasteiger partial charge in [0, 0.05) is 17.3 Å². The summed E-state index contributed by atoms with van der Waals surface area (Å²) in [5.41, 5.74) is 2.93. The van der Waals surface area contributed by atoms with Crippen molar-refractivity contribution >= 4 is 47.0 Å². The van der Waals surface area contributed by atoms with Crippen LogP contribution in [0.3, 0.4) is 0 Å². The number of ether oxygens (including phenoxy) is 1. The number of thioether (sulfide) groups is 1. The molecule has 164 valence electrons. The van der Waals surface area contributed by atoms with Crippen molar-refractivity contribution in [2.45, 2.75) is 18.8 Å². The minimum absolute atomic E-state index is 0.166. The lowest BCUT2D eigenvalue weighted by Gasteiger charge is -2.12. The molecule has 4 rings (SSSR count). The van der Waals surface area contributed by atoms with Crippen LogP contribution in [0.2, 0.25) is 5.02 Å². The first-order valence-electron chi connectivity index (χ1n) is 9.99. The number of furan rings is 1. The topological polar surface area (TPSA) is 80.6 Å². The van der Waals surface area contributed by atoms with E-state index < -0.39 is 5.97 Å². The van der Waals surface area contributed by atoms with E-state index in [0.717, 1.165) is 12.1 Å². The molecular formula is C24H21ClN2O4S. The second kappa shape index (κ2) is 9.54. The van der Waals surface area contributed by atoms with Gasteiger partial charge in [-0.2, -0.15) is 0 Å². The number of hydrogen-bond donors (Lipinski definition) is 2. The monoisotopic (exact) mass is 468 g/mol. The van der Waals surface area contributed by atoms with Crippen molar-refractivity contribution < 1.29 is 18.7 Å². The van der Waals surface area contributed by atoms with Gasteiger partial charge < -0.3 is 19.8 Å². The molecule has 0 saturated carbocycles. The number of anilines is 1. The van der Waals surface area contributed by atoms with E-state index in [4.69, 9.17) is 20.8 Å². The number of carbonyl (C=O) groups is 2. The first-order valence-corrected chi connectivity index (χ1v) is 11.3. The SMILES string of the molecule is CCc1ccc(N[C@@H]2NC(=O)/C(=C/c3ccc(-c4ccc(C(=O)OC)c(Cl)c4)o3)S2)cc1. The number of esters is 1. The molecular weight excluding hydrogens is 448 g/mol. The maximum Gasteiger partial charge on any atom is 0.339 e. The second-order valence-electron chi connectivity index (χ2n) is 7.06. The highest BCUT2D eigenvalue weighted by Crippen LogP contribution is 2.32. The number of methoxy groups -OCH3 is 1. The van der Waals surface area contributed by atoms with E-state index >= 15 is 0 Å². The normalized spacial score (nSPS) is 16.8. The lowest BCUT2D eigenvalue weighted by Crippen LogP contribution is -2.30. The predicted molar refractivity (Wildman–Crippen MR) is 127 cm³/mol. The van der Waals surface area contributed by atoms with Gasteiger partial charge in [-0.1, -0.05) is 48.5 Å². The molecule has 1 atom stereocenters. The van der Waals surface area contributed by atoms with Crippen LogP contribution in [-0.2, 0) is 16.0 Å². The maximum atomic E-state index is 12.4. The Morgan fingerprint density at radius 3 is 2.69 bits per heavy atom. The van der Waals surface area contributed by atoms with Gasteiger partial charge in [-0.05, 0) is 48.4 Å². The van der Waals surface area contributed by atoms with E-state index in [1.54, 1.807) is 36.4 Å². The Morgan fingerprint density at radius 2 is 2.00 bits per heavy atom. The van der Waals surface area contributed by atoms with Gasteiger partial charge in [0.25, 0.3) is 5.91 Å². The van der Waals surface area contributed by atoms with Crippen LogP contribution < -0.4 is 10.6 Å². The molecule has 1 aromatic heterocycles. The summed E-state index contributed by atoms with van der Waals surface area (Å²) in [6.45, 7) is 2.11. The Bertz CT molecular complexity index is 1190. The van der Waals surface area contributed by atoms with E-state index in [0.29, 0.717) is 22.0 Å². The number of amides is 1. The summed E-state index contributed by atoms with van der Waals surface area (Å²) >= 11 is 7.59. The molecule has 1 saturated heterocycles. The van der Waals surface area contributed by atoms with E-state index in [1.807, 2.05) is 12.1 Å². The van der Waals surface area contributed by atoms with Crippen LogP contribution in [-0.4, -0.2) is 24.5 Å². The van der Waals surface area contributed by atoms with Crippen LogP contribution in [0.1, 0.15) is 28.6 Å². The molecule has 8 heteroatoms. The summed E-state index contributed by atoms with van der Waals surface area (Å²) in [5.74, 6) is 0.448. The van der Waals surface area contributed by atoms with Gasteiger partial charge in [-0.25, -0.2) is 4.79 Å². The lowest BCUT2D eigenvalue weighted by molar-refractivity contribution is -0.116. The Morgan fingerprint density at radius 1 is 1.22 bits per heavy atom. The number of aryl methyl sites for hydroxylation is 1. The fourth-order valence-electron chi connectivity index (χ4n) is 3.21. The van der Waals surface area contributed by atoms with Gasteiger partial charge in [0.15, 0.2) is 5.50 Å². The van der Waals surface area contributed by atoms with Crippen LogP contribution in [0.15, 0.2) is 63.9 Å². The number of hydrogen-bond acceptors (Lipinski definition) is 6. The highest BCUT2D eigenvalue weighted by molar-refractivity contribution is 8.05. The second-order valence-corrected chi connectivity index (χ2v) is 8.62. The average Bonchev–Trinajstić information content (AvgIpc) is 3.40. The fraction of sp³-hybridized carbons (Fsp3) is 0.167. The molecule has 6 nitrogen and oxygen atoms in total. The Kier molecular flexibility index (Phi) is 6.58. The number of carbonyl (C=O) groups excluding carboxylic acids is 2. The number of benzene rings is 2. The quantitative estimate of drug-likeness (QED) is 0.364. The first kappa shape index (κ1) is 22.0. The molecule has 0 spiro atoms. The highest BCUT2D eigenvalue weighted by Gasteiger charge is 2.27. The molecule has 1 aliphatic heterocycles. The summed E-state index contributed by atoms with van der Waals surface area (Å²) < 4.78 is 10.6. The van der Waals surface area contributed by atoms with Crippen LogP contribution in [0.25, 0.3) is 17.4 Å². The van der Waals surface area contributed by atoms with E-state index in [-0.39, 0.29) is 22.0 Å². The predicted octanol–water partition coefficient (Wildman–Crippen LogP) is 5.55. The third kappa shape index (κ3) is 4.84. The van der Waals surface area contributed by atoms with Crippen molar-refractivity contribution in [1.29, 1.82) is 0 Å². The first-order chi connectivity index (χ1) is 15.5. The average molecular weight is 469 g/mol. The Hall–Kier alpha value is -3.16. The minimum atomic E-state index is -0.500. The smallest absolute Gasteiger partial charge is 0.339 e. The van der Waals surface area contributed by atoms with Crippen LogP contribution in [0, 0.1) is 0 Å². The fourth-order valence-corrected chi connectivity index (χ4v) is 4.43. The van der Waals surface area contributed by atoms with E-state index in [1.165, 1.54) is 24.4 Å². The van der Waals surface area contributed by atoms with Crippen molar-refractivity contribution in [1.82, 2.24) is 5.32 Å². The zero-order valence-corrected chi connectivity index (χ0v) is 19.0. The summed E-state index contributed by atoms with van der Waals surface area (Å²) in [4.78, 5) is 24.6. The molecule has 0 aliphatic carbocycles. The van der Waals surface area contributed by atoms with Gasteiger partial charge in [-0.15, -0.1) is 0 Å². The zero-order chi connectivity index (χ0) is 22.7. The van der Waals surface area contributed by atoms with Gasteiger partial charge in [0.2, 0.25) is 0 Å². The molecule has 1 fully saturated rings. The maximum absolute atomic E-state index is 12.4. The number of rotatable bonds is 6. The third-order valence-electron chi connectivity index (χ3n) is 4.95. The summed E-state index contributed by atoms with van der Waals surface area (Å²) in [7, 11) is 1.30. The largest absolute Gasteiger partial charge is 0.465 e. The number of nitrogens with one attached hydrogen (secondary N) is 2. The van der Waals surface area contributed by atoms with Crippen LogP contribution in [0.4, 0.5) is 5.69 Å². The summed E-state index contributed by atoms with van der Waals surface area (Å²) in [5, 5.41) is 6.49. The molecule has 2 N–H and O–H groups in total. The Labute approximate surface area is 195 Å². The lowest BCUT2D eigenvalue weighted by atomic mass is 10.1. The zero-order valence-electron chi connectivity index (χ0n) is 17.5. The van der Waals surface area contributed by atoms with Crippen molar-refractivity contribution in [2.24, 2.45) is 0 Å². The third-order valence-corrected chi connectivity index (χ3v) is 6.29. The van der Waals surface area contributed by atoms with Crippen molar-refractivity contribution in [2.75, 3.05) is 12.4 Å². The molecule has 32 heavy (non-hydrogen) atoms. The molecule has 2 heterocycles. The highest BCUT2D eigenvalue weighted by atomic mass is 35.5. The van der Waals surface area contributed by atoms with Crippen molar-refractivity contribution in [3.63, 3.8) is 0 Å². The molecule has 0 radical (unpaired) electrons. The molecule has 0 unspecified atom stereocenters. The molecule has 0 bridgehead atoms. The molecule has 1 amide bonds. The van der Waals surface area contributed by atoms with Gasteiger partial charge in [0.1, 0.15) is 11.5 Å². The van der Waals surface area contributed by atoms with Crippen LogP contribution >= 0.6 is 23.4 Å². The van der Waals surface area contributed by atoms with Crippen molar-refractivity contribution in [3.05, 3.63) is 81.4 Å².